The molecule has 136 valence electrons. The van der Waals surface area contributed by atoms with Gasteiger partial charge in [-0.05, 0) is 30.2 Å². The molecule has 0 unspecified atom stereocenters. The van der Waals surface area contributed by atoms with Crippen molar-refractivity contribution in [2.24, 2.45) is 0 Å². The zero-order valence-corrected chi connectivity index (χ0v) is 15.0. The molecular weight excluding hydrogens is 326 g/mol. The number of aliphatic hydroxyl groups is 1. The van der Waals surface area contributed by atoms with Crippen molar-refractivity contribution in [3.63, 3.8) is 0 Å². The third-order valence-electron chi connectivity index (χ3n) is 4.33. The van der Waals surface area contributed by atoms with E-state index in [9.17, 15) is 5.11 Å². The van der Waals surface area contributed by atoms with Crippen molar-refractivity contribution >= 4 is 0 Å². The molecule has 0 radical (unpaired) electrons. The second kappa shape index (κ2) is 9.22. The van der Waals surface area contributed by atoms with Gasteiger partial charge in [-0.3, -0.25) is 4.90 Å². The Morgan fingerprint density at radius 1 is 0.962 bits per heavy atom. The van der Waals surface area contributed by atoms with Crippen LogP contribution in [0.15, 0.2) is 77.4 Å². The van der Waals surface area contributed by atoms with Gasteiger partial charge in [-0.25, -0.2) is 0 Å². The van der Waals surface area contributed by atoms with Crippen LogP contribution in [0.3, 0.4) is 0 Å². The highest BCUT2D eigenvalue weighted by molar-refractivity contribution is 5.33. The van der Waals surface area contributed by atoms with E-state index < -0.39 is 6.10 Å². The lowest BCUT2D eigenvalue weighted by atomic mass is 10.1. The van der Waals surface area contributed by atoms with E-state index in [0.717, 1.165) is 22.6 Å². The second-order valence-electron chi connectivity index (χ2n) is 6.40. The van der Waals surface area contributed by atoms with Gasteiger partial charge < -0.3 is 14.3 Å². The molecule has 2 aromatic carbocycles. The molecule has 0 aliphatic heterocycles. The Balaban J connectivity index is 1.70. The van der Waals surface area contributed by atoms with Gasteiger partial charge in [0.2, 0.25) is 0 Å². The molecule has 1 atom stereocenters. The monoisotopic (exact) mass is 351 g/mol. The fourth-order valence-corrected chi connectivity index (χ4v) is 3.13. The number of rotatable bonds is 9. The minimum absolute atomic E-state index is 0.456. The molecule has 0 aliphatic carbocycles. The molecule has 0 fully saturated rings. The molecule has 0 saturated heterocycles. The number of benzene rings is 2. The fourth-order valence-electron chi connectivity index (χ4n) is 3.13. The Morgan fingerprint density at radius 2 is 1.73 bits per heavy atom. The molecule has 0 bridgehead atoms. The molecule has 4 nitrogen and oxygen atoms in total. The normalized spacial score (nSPS) is 12.3. The summed E-state index contributed by atoms with van der Waals surface area (Å²) < 4.78 is 11.0. The van der Waals surface area contributed by atoms with Gasteiger partial charge in [0.25, 0.3) is 0 Å². The minimum Gasteiger partial charge on any atom is -0.496 e. The maximum Gasteiger partial charge on any atom is 0.123 e. The molecule has 0 amide bonds. The van der Waals surface area contributed by atoms with Crippen molar-refractivity contribution in [3.8, 4) is 5.75 Å². The van der Waals surface area contributed by atoms with Gasteiger partial charge in [0.15, 0.2) is 0 Å². The van der Waals surface area contributed by atoms with Gasteiger partial charge in [0.1, 0.15) is 11.5 Å². The van der Waals surface area contributed by atoms with E-state index in [4.69, 9.17) is 9.15 Å². The van der Waals surface area contributed by atoms with Crippen molar-refractivity contribution in [1.82, 2.24) is 4.90 Å². The predicted octanol–water partition coefficient (Wildman–Crippen LogP) is 3.89. The van der Waals surface area contributed by atoms with E-state index in [2.05, 4.69) is 11.0 Å². The van der Waals surface area contributed by atoms with Crippen molar-refractivity contribution in [3.05, 3.63) is 89.9 Å². The summed E-state index contributed by atoms with van der Waals surface area (Å²) >= 11 is 0. The number of aliphatic hydroxyl groups excluding tert-OH is 1. The largest absolute Gasteiger partial charge is 0.496 e. The summed E-state index contributed by atoms with van der Waals surface area (Å²) in [7, 11) is 1.68. The van der Waals surface area contributed by atoms with Crippen LogP contribution in [0.2, 0.25) is 0 Å². The van der Waals surface area contributed by atoms with E-state index in [1.54, 1.807) is 13.4 Å². The van der Waals surface area contributed by atoms with E-state index in [0.29, 0.717) is 26.1 Å². The van der Waals surface area contributed by atoms with E-state index in [1.807, 2.05) is 60.7 Å². The summed E-state index contributed by atoms with van der Waals surface area (Å²) in [5.74, 6) is 1.74. The lowest BCUT2D eigenvalue weighted by Crippen LogP contribution is -2.33. The number of furan rings is 1. The number of hydrogen-bond donors (Lipinski definition) is 1. The van der Waals surface area contributed by atoms with E-state index in [-0.39, 0.29) is 0 Å². The summed E-state index contributed by atoms with van der Waals surface area (Å²) in [5.41, 5.74) is 2.23. The average Bonchev–Trinajstić information content (AvgIpc) is 3.16. The molecule has 0 aliphatic rings. The Hall–Kier alpha value is -2.56. The highest BCUT2D eigenvalue weighted by Gasteiger charge is 2.16. The van der Waals surface area contributed by atoms with Crippen LogP contribution in [0.4, 0.5) is 0 Å². The van der Waals surface area contributed by atoms with E-state index >= 15 is 0 Å². The maximum absolute atomic E-state index is 10.6. The highest BCUT2D eigenvalue weighted by Crippen LogP contribution is 2.21. The quantitative estimate of drug-likeness (QED) is 0.635. The molecule has 3 aromatic rings. The van der Waals surface area contributed by atoms with Crippen molar-refractivity contribution in [2.75, 3.05) is 13.7 Å². The number of para-hydroxylation sites is 1. The van der Waals surface area contributed by atoms with Crippen LogP contribution >= 0.6 is 0 Å². The highest BCUT2D eigenvalue weighted by atomic mass is 16.5. The summed E-state index contributed by atoms with van der Waals surface area (Å²) in [6.45, 7) is 1.86. The second-order valence-corrected chi connectivity index (χ2v) is 6.40. The van der Waals surface area contributed by atoms with Crippen molar-refractivity contribution < 1.29 is 14.3 Å². The molecule has 26 heavy (non-hydrogen) atoms. The van der Waals surface area contributed by atoms with Crippen LogP contribution < -0.4 is 4.74 Å². The molecule has 4 heteroatoms. The Labute approximate surface area is 154 Å². The van der Waals surface area contributed by atoms with Crippen LogP contribution in [0.5, 0.6) is 5.75 Å². The lowest BCUT2D eigenvalue weighted by molar-refractivity contribution is 0.0997. The lowest BCUT2D eigenvalue weighted by Gasteiger charge is -2.25. The first kappa shape index (κ1) is 18.2. The first-order valence-corrected chi connectivity index (χ1v) is 8.83. The van der Waals surface area contributed by atoms with Crippen LogP contribution in [-0.2, 0) is 19.5 Å². The van der Waals surface area contributed by atoms with Gasteiger partial charge in [-0.2, -0.15) is 0 Å². The third-order valence-corrected chi connectivity index (χ3v) is 4.33. The Morgan fingerprint density at radius 3 is 2.46 bits per heavy atom. The van der Waals surface area contributed by atoms with Crippen molar-refractivity contribution in [2.45, 2.75) is 25.6 Å². The van der Waals surface area contributed by atoms with Crippen LogP contribution in [0.1, 0.15) is 16.9 Å². The maximum atomic E-state index is 10.6. The van der Waals surface area contributed by atoms with E-state index in [1.165, 1.54) is 0 Å². The predicted molar refractivity (Wildman–Crippen MR) is 102 cm³/mol. The topological polar surface area (TPSA) is 45.8 Å². The van der Waals surface area contributed by atoms with Crippen LogP contribution in [-0.4, -0.2) is 29.8 Å². The van der Waals surface area contributed by atoms with Gasteiger partial charge in [-0.15, -0.1) is 0 Å². The number of ether oxygens (including phenoxy) is 1. The molecule has 1 heterocycles. The van der Waals surface area contributed by atoms with Gasteiger partial charge in [-0.1, -0.05) is 48.5 Å². The Bertz CT molecular complexity index is 771. The summed E-state index contributed by atoms with van der Waals surface area (Å²) in [6, 6.07) is 21.9. The SMILES string of the molecule is COc1ccccc1CN(Cc1ccco1)C[C@H](O)Cc1ccccc1. The number of nitrogens with zero attached hydrogens (tertiary/aromatic N) is 1. The van der Waals surface area contributed by atoms with Gasteiger partial charge in [0.05, 0.1) is 26.0 Å². The molecular formula is C22H25NO3. The summed E-state index contributed by atoms with van der Waals surface area (Å²) in [4.78, 5) is 2.18. The smallest absolute Gasteiger partial charge is 0.123 e. The van der Waals surface area contributed by atoms with Gasteiger partial charge >= 0.3 is 0 Å². The zero-order valence-electron chi connectivity index (χ0n) is 15.0. The first-order chi connectivity index (χ1) is 12.7. The number of methoxy groups -OCH3 is 1. The standard InChI is InChI=1S/C22H25NO3/c1-25-22-12-6-5-10-19(22)15-23(17-21-11-7-13-26-21)16-20(24)14-18-8-3-2-4-9-18/h2-13,20,24H,14-17H2,1H3/t20-/m1/s1. The molecule has 1 aromatic heterocycles. The molecule has 0 spiro atoms. The van der Waals surface area contributed by atoms with Crippen LogP contribution in [0.25, 0.3) is 0 Å². The van der Waals surface area contributed by atoms with Crippen molar-refractivity contribution in [1.29, 1.82) is 0 Å². The summed E-state index contributed by atoms with van der Waals surface area (Å²) in [5, 5.41) is 10.6. The summed E-state index contributed by atoms with van der Waals surface area (Å²) in [6.07, 6.45) is 1.85. The van der Waals surface area contributed by atoms with Gasteiger partial charge in [0, 0.05) is 18.7 Å². The number of hydrogen-bond acceptors (Lipinski definition) is 4. The Kier molecular flexibility index (Phi) is 6.47. The third kappa shape index (κ3) is 5.22. The first-order valence-electron chi connectivity index (χ1n) is 8.83. The molecule has 3 rings (SSSR count). The van der Waals surface area contributed by atoms with Crippen LogP contribution in [0, 0.1) is 0 Å². The fraction of sp³-hybridized carbons (Fsp3) is 0.273. The zero-order chi connectivity index (χ0) is 18.2. The minimum atomic E-state index is -0.456. The average molecular weight is 351 g/mol. The molecule has 1 N–H and O–H groups in total. The molecule has 0 saturated carbocycles.